The summed E-state index contributed by atoms with van der Waals surface area (Å²) in [5.74, 6) is -2.66. The Balaban J connectivity index is 2.00. The summed E-state index contributed by atoms with van der Waals surface area (Å²) in [5, 5.41) is 22.6. The number of sulfone groups is 1. The second kappa shape index (κ2) is 17.9. The van der Waals surface area contributed by atoms with Gasteiger partial charge in [0.05, 0.1) is 29.6 Å². The Labute approximate surface area is 284 Å². The van der Waals surface area contributed by atoms with Crippen LogP contribution < -0.4 is 5.32 Å². The number of esters is 1. The fourth-order valence-corrected chi connectivity index (χ4v) is 8.03. The molecule has 3 N–H and O–H groups in total. The molecule has 0 aliphatic carbocycles. The van der Waals surface area contributed by atoms with E-state index in [1.165, 1.54) is 11.0 Å². The molecule has 1 fully saturated rings. The summed E-state index contributed by atoms with van der Waals surface area (Å²) >= 11 is 0. The first kappa shape index (κ1) is 39.1. The van der Waals surface area contributed by atoms with Crippen LogP contribution in [0.3, 0.4) is 0 Å². The van der Waals surface area contributed by atoms with Gasteiger partial charge in [-0.05, 0) is 38.4 Å². The molecular weight excluding hydrogens is 640 g/mol. The van der Waals surface area contributed by atoms with Crippen molar-refractivity contribution in [1.29, 1.82) is 0 Å². The van der Waals surface area contributed by atoms with Crippen LogP contribution in [0.5, 0.6) is 0 Å². The molecule has 14 heteroatoms. The van der Waals surface area contributed by atoms with Gasteiger partial charge in [-0.3, -0.25) is 9.59 Å². The lowest BCUT2D eigenvalue weighted by Crippen LogP contribution is -2.50. The van der Waals surface area contributed by atoms with E-state index in [4.69, 9.17) is 9.15 Å². The summed E-state index contributed by atoms with van der Waals surface area (Å²) in [6.07, 6.45) is 6.32. The number of amides is 2. The van der Waals surface area contributed by atoms with Crippen molar-refractivity contribution in [2.24, 2.45) is 11.8 Å². The fraction of sp³-hybridized carbons (Fsp3) is 0.647. The van der Waals surface area contributed by atoms with Gasteiger partial charge < -0.3 is 34.5 Å². The average molecular weight is 693 g/mol. The highest BCUT2D eigenvalue weighted by atomic mass is 32.2. The summed E-state index contributed by atoms with van der Waals surface area (Å²) < 4.78 is 39.0. The van der Waals surface area contributed by atoms with Crippen molar-refractivity contribution in [3.8, 4) is 0 Å². The van der Waals surface area contributed by atoms with Crippen LogP contribution in [0, 0.1) is 11.8 Å². The van der Waals surface area contributed by atoms with Crippen molar-refractivity contribution >= 4 is 27.6 Å². The van der Waals surface area contributed by atoms with E-state index in [1.54, 1.807) is 38.2 Å². The van der Waals surface area contributed by atoms with Gasteiger partial charge in [-0.25, -0.2) is 18.2 Å². The summed E-state index contributed by atoms with van der Waals surface area (Å²) in [7, 11) is -3.86. The maximum atomic E-state index is 14.0. The average Bonchev–Trinajstić information content (AvgIpc) is 3.68. The molecule has 1 saturated heterocycles. The number of aromatic nitrogens is 1. The first-order chi connectivity index (χ1) is 22.7. The van der Waals surface area contributed by atoms with Crippen molar-refractivity contribution in [3.05, 3.63) is 53.8 Å². The molecule has 6 atom stereocenters. The van der Waals surface area contributed by atoms with E-state index >= 15 is 0 Å². The minimum absolute atomic E-state index is 0.0214. The van der Waals surface area contributed by atoms with Crippen molar-refractivity contribution in [2.75, 3.05) is 38.5 Å². The summed E-state index contributed by atoms with van der Waals surface area (Å²) in [6, 6.07) is -1.43. The zero-order valence-electron chi connectivity index (χ0n) is 28.9. The molecule has 0 unspecified atom stereocenters. The number of fused-ring (bicyclic) bond motifs is 3. The number of carbonyl (C=O) groups excluding carboxylic acids is 3. The first-order valence-corrected chi connectivity index (χ1v) is 18.4. The standard InChI is InChI=1S/C34H52N4O9S/c1-7-37(8-2)16-17-48(44,45)28-13-15-38-31(28)34(43)47-32(22(3)4)24(6)11-12-29(41)35-14-9-10-23(5)18-25(39)19-26(40)20-30-36-27(21-46-30)33(38)42/h9-12,18,21-22,24-26,28,31-32,39-40H,7-8,13-17,19-20H2,1-6H3,(H,35,41)/b10-9+,12-11+,23-18+/t24-,25-,26-,28-,31-,32-/m1/s1. The Kier molecular flexibility index (Phi) is 14.6. The van der Waals surface area contributed by atoms with E-state index in [0.717, 1.165) is 11.8 Å². The van der Waals surface area contributed by atoms with Gasteiger partial charge in [-0.15, -0.1) is 0 Å². The molecule has 13 nitrogen and oxygen atoms in total. The second-order valence-corrected chi connectivity index (χ2v) is 15.2. The zero-order valence-corrected chi connectivity index (χ0v) is 29.7. The number of aliphatic hydroxyl groups is 2. The van der Waals surface area contributed by atoms with Crippen LogP contribution in [0.25, 0.3) is 0 Å². The van der Waals surface area contributed by atoms with Gasteiger partial charge in [-0.1, -0.05) is 64.5 Å². The number of aliphatic hydroxyl groups excluding tert-OH is 2. The van der Waals surface area contributed by atoms with Crippen LogP contribution in [-0.4, -0.2) is 119 Å². The Morgan fingerprint density at radius 3 is 2.52 bits per heavy atom. The van der Waals surface area contributed by atoms with E-state index < -0.39 is 57.2 Å². The Bertz CT molecular complexity index is 1450. The van der Waals surface area contributed by atoms with Gasteiger partial charge in [0, 0.05) is 32.0 Å². The van der Waals surface area contributed by atoms with Gasteiger partial charge >= 0.3 is 5.97 Å². The Morgan fingerprint density at radius 2 is 1.85 bits per heavy atom. The minimum atomic E-state index is -3.86. The number of cyclic esters (lactones) is 1. The SMILES string of the molecule is CCN(CC)CCS(=O)(=O)[C@@H]1CCN2C(=O)c3coc(n3)C[C@H](O)C[C@H](O)/C=C(C)/C=C/CNC(=O)/C=C/[C@@H](C)[C@@H](C(C)C)OC(=O)[C@@H]12. The predicted molar refractivity (Wildman–Crippen MR) is 181 cm³/mol. The van der Waals surface area contributed by atoms with Crippen LogP contribution >= 0.6 is 0 Å². The van der Waals surface area contributed by atoms with Crippen molar-refractivity contribution < 1.29 is 42.2 Å². The maximum Gasteiger partial charge on any atom is 0.330 e. The molecule has 268 valence electrons. The van der Waals surface area contributed by atoms with Gasteiger partial charge in [0.25, 0.3) is 5.91 Å². The fourth-order valence-electron chi connectivity index (χ4n) is 6.10. The number of nitrogens with one attached hydrogen (secondary N) is 1. The topological polar surface area (TPSA) is 180 Å². The van der Waals surface area contributed by atoms with Gasteiger partial charge in [0.2, 0.25) is 5.91 Å². The molecule has 2 bridgehead atoms. The summed E-state index contributed by atoms with van der Waals surface area (Å²) in [5.41, 5.74) is 0.587. The molecule has 3 rings (SSSR count). The highest BCUT2D eigenvalue weighted by Crippen LogP contribution is 2.30. The Morgan fingerprint density at radius 1 is 1.15 bits per heavy atom. The molecule has 0 spiro atoms. The third kappa shape index (κ3) is 10.8. The number of ether oxygens (including phenoxy) is 1. The molecule has 0 radical (unpaired) electrons. The third-order valence-electron chi connectivity index (χ3n) is 8.80. The molecule has 0 aromatic carbocycles. The van der Waals surface area contributed by atoms with E-state index in [1.807, 2.05) is 32.6 Å². The normalized spacial score (nSPS) is 29.6. The van der Waals surface area contributed by atoms with Crippen LogP contribution in [0.4, 0.5) is 0 Å². The quantitative estimate of drug-likeness (QED) is 0.356. The molecule has 2 aliphatic rings. The lowest BCUT2D eigenvalue weighted by atomic mass is 9.94. The van der Waals surface area contributed by atoms with Crippen molar-refractivity contribution in [2.45, 2.75) is 90.4 Å². The number of carbonyl (C=O) groups is 3. The molecule has 1 aromatic rings. The third-order valence-corrected chi connectivity index (χ3v) is 11.0. The molecule has 3 heterocycles. The van der Waals surface area contributed by atoms with Crippen molar-refractivity contribution in [3.63, 3.8) is 0 Å². The molecule has 48 heavy (non-hydrogen) atoms. The number of oxazole rings is 1. The molecule has 1 aromatic heterocycles. The summed E-state index contributed by atoms with van der Waals surface area (Å²) in [4.78, 5) is 47.7. The molecular formula is C34H52N4O9S. The number of hydrogen-bond acceptors (Lipinski definition) is 11. The van der Waals surface area contributed by atoms with E-state index in [0.29, 0.717) is 13.1 Å². The highest BCUT2D eigenvalue weighted by molar-refractivity contribution is 7.92. The number of rotatable bonds is 7. The molecule has 0 saturated carbocycles. The predicted octanol–water partition coefficient (Wildman–Crippen LogP) is 2.06. The van der Waals surface area contributed by atoms with Crippen LogP contribution in [0.2, 0.25) is 0 Å². The van der Waals surface area contributed by atoms with Crippen LogP contribution in [-0.2, 0) is 30.6 Å². The smallest absolute Gasteiger partial charge is 0.330 e. The maximum absolute atomic E-state index is 14.0. The van der Waals surface area contributed by atoms with Crippen LogP contribution in [0.1, 0.15) is 70.8 Å². The van der Waals surface area contributed by atoms with Crippen molar-refractivity contribution in [1.82, 2.24) is 20.1 Å². The number of hydrogen-bond donors (Lipinski definition) is 3. The number of nitrogens with zero attached hydrogens (tertiary/aromatic N) is 3. The molecule has 2 aliphatic heterocycles. The van der Waals surface area contributed by atoms with Crippen LogP contribution in [0.15, 0.2) is 46.6 Å². The molecule has 2 amide bonds. The zero-order chi connectivity index (χ0) is 35.6. The van der Waals surface area contributed by atoms with E-state index in [9.17, 15) is 33.0 Å². The summed E-state index contributed by atoms with van der Waals surface area (Å²) in [6.45, 7) is 13.0. The lowest BCUT2D eigenvalue weighted by molar-refractivity contribution is -0.157. The van der Waals surface area contributed by atoms with E-state index in [-0.39, 0.29) is 68.1 Å². The lowest BCUT2D eigenvalue weighted by Gasteiger charge is -2.31. The van der Waals surface area contributed by atoms with Gasteiger partial charge in [-0.2, -0.15) is 0 Å². The largest absolute Gasteiger partial charge is 0.460 e. The monoisotopic (exact) mass is 692 g/mol. The van der Waals surface area contributed by atoms with Gasteiger partial charge in [0.15, 0.2) is 21.4 Å². The minimum Gasteiger partial charge on any atom is -0.460 e. The number of allylic oxidation sites excluding steroid dienone is 2. The Hall–Kier alpha value is -3.33. The second-order valence-electron chi connectivity index (χ2n) is 12.9. The highest BCUT2D eigenvalue weighted by Gasteiger charge is 2.50. The first-order valence-electron chi connectivity index (χ1n) is 16.7. The van der Waals surface area contributed by atoms with Gasteiger partial charge in [0.1, 0.15) is 18.4 Å². The van der Waals surface area contributed by atoms with E-state index in [2.05, 4.69) is 10.3 Å².